The van der Waals surface area contributed by atoms with Gasteiger partial charge in [0.15, 0.2) is 0 Å². The van der Waals surface area contributed by atoms with Crippen molar-refractivity contribution >= 4 is 5.91 Å². The van der Waals surface area contributed by atoms with Gasteiger partial charge in [-0.25, -0.2) is 8.78 Å². The van der Waals surface area contributed by atoms with Crippen LogP contribution in [0.2, 0.25) is 0 Å². The molecule has 0 fully saturated rings. The monoisotopic (exact) mass is 287 g/mol. The van der Waals surface area contributed by atoms with Crippen molar-refractivity contribution in [1.29, 1.82) is 0 Å². The fourth-order valence-electron chi connectivity index (χ4n) is 1.85. The number of amides is 1. The summed E-state index contributed by atoms with van der Waals surface area (Å²) in [5.74, 6) is 0.136. The van der Waals surface area contributed by atoms with Crippen molar-refractivity contribution in [2.24, 2.45) is 0 Å². The summed E-state index contributed by atoms with van der Waals surface area (Å²) in [7, 11) is 0. The van der Waals surface area contributed by atoms with Crippen molar-refractivity contribution in [2.45, 2.75) is 20.3 Å². The van der Waals surface area contributed by atoms with E-state index in [0.717, 1.165) is 10.5 Å². The number of halogens is 2. The lowest BCUT2D eigenvalue weighted by molar-refractivity contribution is 0.0509. The Morgan fingerprint density at radius 3 is 2.65 bits per heavy atom. The number of aliphatic hydroxyl groups excluding tert-OH is 1. The number of aryl methyl sites for hydroxylation is 1. The van der Waals surface area contributed by atoms with Gasteiger partial charge in [-0.15, -0.1) is 0 Å². The van der Waals surface area contributed by atoms with Crippen LogP contribution in [0, 0.1) is 6.92 Å². The van der Waals surface area contributed by atoms with Gasteiger partial charge in [-0.3, -0.25) is 4.79 Å². The molecule has 20 heavy (non-hydrogen) atoms. The van der Waals surface area contributed by atoms with Crippen LogP contribution < -0.4 is 4.74 Å². The van der Waals surface area contributed by atoms with E-state index in [0.29, 0.717) is 17.9 Å². The molecule has 1 amide bonds. The van der Waals surface area contributed by atoms with E-state index in [2.05, 4.69) is 0 Å². The molecule has 0 aliphatic rings. The van der Waals surface area contributed by atoms with E-state index < -0.39 is 18.9 Å². The van der Waals surface area contributed by atoms with E-state index in [9.17, 15) is 13.6 Å². The fraction of sp³-hybridized carbons (Fsp3) is 0.500. The number of carbonyl (C=O) groups excluding carboxylic acids is 1. The Kier molecular flexibility index (Phi) is 6.38. The first-order valence-electron chi connectivity index (χ1n) is 6.41. The Labute approximate surface area is 117 Å². The molecule has 0 spiro atoms. The number of hydrogen-bond acceptors (Lipinski definition) is 3. The molecule has 112 valence electrons. The van der Waals surface area contributed by atoms with Gasteiger partial charge in [-0.1, -0.05) is 0 Å². The second kappa shape index (κ2) is 7.79. The largest absolute Gasteiger partial charge is 0.494 e. The summed E-state index contributed by atoms with van der Waals surface area (Å²) >= 11 is 0. The van der Waals surface area contributed by atoms with Gasteiger partial charge >= 0.3 is 0 Å². The normalized spacial score (nSPS) is 10.7. The summed E-state index contributed by atoms with van der Waals surface area (Å²) in [6, 6.07) is 4.78. The standard InChI is InChI=1S/C14H19F2NO3/c1-3-20-12-5-4-11(8-10(12)2)14(19)17(6-7-18)9-13(15)16/h4-5,8,13,18H,3,6-7,9H2,1-2H3. The number of hydrogen-bond donors (Lipinski definition) is 1. The SMILES string of the molecule is CCOc1ccc(C(=O)N(CCO)CC(F)F)cc1C. The molecule has 0 aliphatic carbocycles. The number of aliphatic hydroxyl groups is 1. The molecule has 0 unspecified atom stereocenters. The molecule has 0 saturated carbocycles. The Morgan fingerprint density at radius 1 is 1.45 bits per heavy atom. The van der Waals surface area contributed by atoms with Gasteiger partial charge in [0.1, 0.15) is 5.75 Å². The zero-order valence-electron chi connectivity index (χ0n) is 11.6. The minimum atomic E-state index is -2.63. The maximum atomic E-state index is 12.4. The van der Waals surface area contributed by atoms with Crippen LogP contribution in [0.3, 0.4) is 0 Å². The van der Waals surface area contributed by atoms with Crippen LogP contribution in [0.5, 0.6) is 5.75 Å². The maximum Gasteiger partial charge on any atom is 0.255 e. The highest BCUT2D eigenvalue weighted by Crippen LogP contribution is 2.20. The molecular formula is C14H19F2NO3. The van der Waals surface area contributed by atoms with Crippen molar-refractivity contribution in [1.82, 2.24) is 4.90 Å². The van der Waals surface area contributed by atoms with Crippen LogP contribution in [0.15, 0.2) is 18.2 Å². The van der Waals surface area contributed by atoms with Gasteiger partial charge in [0, 0.05) is 12.1 Å². The summed E-state index contributed by atoms with van der Waals surface area (Å²) in [5.41, 5.74) is 1.07. The lowest BCUT2D eigenvalue weighted by Crippen LogP contribution is -2.37. The summed E-state index contributed by atoms with van der Waals surface area (Å²) in [5, 5.41) is 8.86. The summed E-state index contributed by atoms with van der Waals surface area (Å²) < 4.78 is 30.2. The molecule has 0 heterocycles. The van der Waals surface area contributed by atoms with Crippen LogP contribution >= 0.6 is 0 Å². The predicted molar refractivity (Wildman–Crippen MR) is 71.3 cm³/mol. The molecule has 1 rings (SSSR count). The highest BCUT2D eigenvalue weighted by molar-refractivity contribution is 5.94. The molecule has 4 nitrogen and oxygen atoms in total. The molecule has 0 bridgehead atoms. The van der Waals surface area contributed by atoms with Gasteiger partial charge < -0.3 is 14.7 Å². The first-order valence-corrected chi connectivity index (χ1v) is 6.41. The predicted octanol–water partition coefficient (Wildman–Crippen LogP) is 2.09. The molecule has 1 aromatic carbocycles. The summed E-state index contributed by atoms with van der Waals surface area (Å²) in [6.07, 6.45) is -2.63. The average Bonchev–Trinajstić information content (AvgIpc) is 2.39. The molecule has 6 heteroatoms. The van der Waals surface area contributed by atoms with Crippen LogP contribution in [0.25, 0.3) is 0 Å². The van der Waals surface area contributed by atoms with Crippen LogP contribution in [-0.2, 0) is 0 Å². The van der Waals surface area contributed by atoms with E-state index in [4.69, 9.17) is 9.84 Å². The van der Waals surface area contributed by atoms with Gasteiger partial charge in [-0.05, 0) is 37.6 Å². The topological polar surface area (TPSA) is 49.8 Å². The van der Waals surface area contributed by atoms with Crippen molar-refractivity contribution in [3.05, 3.63) is 29.3 Å². The first kappa shape index (κ1) is 16.4. The molecule has 0 radical (unpaired) electrons. The lowest BCUT2D eigenvalue weighted by atomic mass is 10.1. The minimum absolute atomic E-state index is 0.116. The smallest absolute Gasteiger partial charge is 0.255 e. The van der Waals surface area contributed by atoms with Crippen LogP contribution in [0.1, 0.15) is 22.8 Å². The van der Waals surface area contributed by atoms with Gasteiger partial charge in [-0.2, -0.15) is 0 Å². The molecule has 1 N–H and O–H groups in total. The number of rotatable bonds is 7. The third-order valence-electron chi connectivity index (χ3n) is 2.74. The van der Waals surface area contributed by atoms with Gasteiger partial charge in [0.05, 0.1) is 19.8 Å². The van der Waals surface area contributed by atoms with Crippen LogP contribution in [0.4, 0.5) is 8.78 Å². The Bertz CT molecular complexity index is 452. The van der Waals surface area contributed by atoms with Crippen molar-refractivity contribution in [2.75, 3.05) is 26.3 Å². The van der Waals surface area contributed by atoms with Crippen molar-refractivity contribution in [3.63, 3.8) is 0 Å². The molecule has 0 aliphatic heterocycles. The molecule has 0 aromatic heterocycles. The number of alkyl halides is 2. The van der Waals surface area contributed by atoms with E-state index >= 15 is 0 Å². The lowest BCUT2D eigenvalue weighted by Gasteiger charge is -2.21. The second-order valence-electron chi connectivity index (χ2n) is 4.28. The van der Waals surface area contributed by atoms with Gasteiger partial charge in [0.2, 0.25) is 0 Å². The molecular weight excluding hydrogens is 268 g/mol. The van der Waals surface area contributed by atoms with Crippen LogP contribution in [-0.4, -0.2) is 48.6 Å². The zero-order chi connectivity index (χ0) is 15.1. The Hall–Kier alpha value is -1.69. The van der Waals surface area contributed by atoms with E-state index in [-0.39, 0.29) is 13.2 Å². The number of carbonyl (C=O) groups is 1. The number of ether oxygens (including phenoxy) is 1. The molecule has 0 saturated heterocycles. The number of benzene rings is 1. The maximum absolute atomic E-state index is 12.4. The summed E-state index contributed by atoms with van der Waals surface area (Å²) in [4.78, 5) is 13.1. The third kappa shape index (κ3) is 4.45. The first-order chi connectivity index (χ1) is 9.49. The highest BCUT2D eigenvalue weighted by atomic mass is 19.3. The highest BCUT2D eigenvalue weighted by Gasteiger charge is 2.19. The van der Waals surface area contributed by atoms with Crippen molar-refractivity contribution < 1.29 is 23.4 Å². The minimum Gasteiger partial charge on any atom is -0.494 e. The van der Waals surface area contributed by atoms with Crippen molar-refractivity contribution in [3.8, 4) is 5.75 Å². The molecule has 1 aromatic rings. The quantitative estimate of drug-likeness (QED) is 0.835. The third-order valence-corrected chi connectivity index (χ3v) is 2.74. The number of nitrogens with zero attached hydrogens (tertiary/aromatic N) is 1. The summed E-state index contributed by atoms with van der Waals surface area (Å²) in [6.45, 7) is 2.99. The van der Waals surface area contributed by atoms with Gasteiger partial charge in [0.25, 0.3) is 12.3 Å². The van der Waals surface area contributed by atoms with E-state index in [1.165, 1.54) is 6.07 Å². The molecule has 0 atom stereocenters. The average molecular weight is 287 g/mol. The fourth-order valence-corrected chi connectivity index (χ4v) is 1.85. The van der Waals surface area contributed by atoms with E-state index in [1.807, 2.05) is 6.92 Å². The zero-order valence-corrected chi connectivity index (χ0v) is 11.6. The second-order valence-corrected chi connectivity index (χ2v) is 4.28. The van der Waals surface area contributed by atoms with E-state index in [1.54, 1.807) is 19.1 Å². The Morgan fingerprint density at radius 2 is 2.15 bits per heavy atom. The Balaban J connectivity index is 2.91.